The Bertz CT molecular complexity index is 336. The molecule has 17 heavy (non-hydrogen) atoms. The molecule has 1 atom stereocenters. The van der Waals surface area contributed by atoms with E-state index >= 15 is 0 Å². The normalized spacial score (nSPS) is 16.3. The minimum Gasteiger partial charge on any atom is -0.395 e. The van der Waals surface area contributed by atoms with Crippen molar-refractivity contribution in [1.82, 2.24) is 4.31 Å². The first-order valence-electron chi connectivity index (χ1n) is 5.91. The standard InChI is InChI=1S/C12H27NO3S/c1-11(2,3)8-10(9-14)13(7)17(15,16)12(4,5)6/h10,14H,8-9H2,1-7H3/t10-/m0/s1. The Kier molecular flexibility index (Phi) is 5.20. The Morgan fingerprint density at radius 3 is 1.76 bits per heavy atom. The predicted octanol–water partition coefficient (Wildman–Crippen LogP) is 1.84. The Labute approximate surface area is 106 Å². The van der Waals surface area contributed by atoms with Crippen molar-refractivity contribution in [3.8, 4) is 0 Å². The van der Waals surface area contributed by atoms with Crippen molar-refractivity contribution < 1.29 is 13.5 Å². The van der Waals surface area contributed by atoms with Crippen LogP contribution in [0.5, 0.6) is 0 Å². The van der Waals surface area contributed by atoms with Gasteiger partial charge in [-0.1, -0.05) is 20.8 Å². The molecule has 0 amide bonds. The number of sulfonamides is 1. The number of aliphatic hydroxyl groups is 1. The molecule has 0 spiro atoms. The average molecular weight is 265 g/mol. The van der Waals surface area contributed by atoms with Crippen molar-refractivity contribution in [3.05, 3.63) is 0 Å². The smallest absolute Gasteiger partial charge is 0.219 e. The summed E-state index contributed by atoms with van der Waals surface area (Å²) >= 11 is 0. The lowest BCUT2D eigenvalue weighted by molar-refractivity contribution is 0.158. The van der Waals surface area contributed by atoms with Crippen LogP contribution in [0.4, 0.5) is 0 Å². The molecule has 104 valence electrons. The lowest BCUT2D eigenvalue weighted by Crippen LogP contribution is -2.48. The molecule has 4 nitrogen and oxygen atoms in total. The van der Waals surface area contributed by atoms with Gasteiger partial charge in [-0.15, -0.1) is 0 Å². The molecule has 5 heteroatoms. The van der Waals surface area contributed by atoms with E-state index in [1.807, 2.05) is 20.8 Å². The molecule has 0 unspecified atom stereocenters. The largest absolute Gasteiger partial charge is 0.395 e. The van der Waals surface area contributed by atoms with Crippen LogP contribution >= 0.6 is 0 Å². The van der Waals surface area contributed by atoms with Crippen molar-refractivity contribution >= 4 is 10.0 Å². The van der Waals surface area contributed by atoms with E-state index in [4.69, 9.17) is 0 Å². The van der Waals surface area contributed by atoms with Crippen molar-refractivity contribution in [1.29, 1.82) is 0 Å². The molecular weight excluding hydrogens is 238 g/mol. The van der Waals surface area contributed by atoms with Crippen molar-refractivity contribution in [2.24, 2.45) is 5.41 Å². The van der Waals surface area contributed by atoms with Crippen LogP contribution in [-0.2, 0) is 10.0 Å². The van der Waals surface area contributed by atoms with Crippen LogP contribution in [0.15, 0.2) is 0 Å². The van der Waals surface area contributed by atoms with Gasteiger partial charge in [-0.2, -0.15) is 4.31 Å². The minimum absolute atomic E-state index is 0.0188. The molecule has 0 radical (unpaired) electrons. The van der Waals surface area contributed by atoms with Crippen LogP contribution in [-0.4, -0.2) is 42.3 Å². The van der Waals surface area contributed by atoms with E-state index in [9.17, 15) is 13.5 Å². The third-order valence-electron chi connectivity index (χ3n) is 2.73. The van der Waals surface area contributed by atoms with E-state index < -0.39 is 14.8 Å². The number of likely N-dealkylation sites (N-methyl/N-ethyl adjacent to an activating group) is 1. The monoisotopic (exact) mass is 265 g/mol. The molecule has 0 saturated carbocycles. The van der Waals surface area contributed by atoms with Crippen LogP contribution in [0, 0.1) is 5.41 Å². The molecule has 1 N–H and O–H groups in total. The zero-order chi connectivity index (χ0) is 14.1. The first-order valence-corrected chi connectivity index (χ1v) is 7.35. The molecular formula is C12H27NO3S. The summed E-state index contributed by atoms with van der Waals surface area (Å²) in [5, 5.41) is 9.38. The van der Waals surface area contributed by atoms with E-state index in [0.29, 0.717) is 6.42 Å². The maximum absolute atomic E-state index is 12.3. The fraction of sp³-hybridized carbons (Fsp3) is 1.00. The lowest BCUT2D eigenvalue weighted by atomic mass is 9.88. The molecule has 0 aromatic carbocycles. The Balaban J connectivity index is 5.08. The van der Waals surface area contributed by atoms with E-state index in [0.717, 1.165) is 0 Å². The van der Waals surface area contributed by atoms with Gasteiger partial charge in [0.05, 0.1) is 11.4 Å². The summed E-state index contributed by atoms with van der Waals surface area (Å²) in [4.78, 5) is 0. The highest BCUT2D eigenvalue weighted by molar-refractivity contribution is 7.90. The Morgan fingerprint density at radius 2 is 1.53 bits per heavy atom. The molecule has 0 aromatic heterocycles. The molecule has 0 fully saturated rings. The number of hydrogen-bond donors (Lipinski definition) is 1. The lowest BCUT2D eigenvalue weighted by Gasteiger charge is -2.35. The molecule has 0 aromatic rings. The van der Waals surface area contributed by atoms with Gasteiger partial charge in [-0.25, -0.2) is 8.42 Å². The molecule has 0 saturated heterocycles. The summed E-state index contributed by atoms with van der Waals surface area (Å²) < 4.78 is 25.0. The second-order valence-corrected chi connectivity index (χ2v) is 9.49. The zero-order valence-corrected chi connectivity index (χ0v) is 12.9. The molecule has 0 heterocycles. The first-order chi connectivity index (χ1) is 7.33. The molecule has 0 aliphatic carbocycles. The van der Waals surface area contributed by atoms with Gasteiger partial charge in [0.2, 0.25) is 10.0 Å². The number of aliphatic hydroxyl groups excluding tert-OH is 1. The van der Waals surface area contributed by atoms with Crippen molar-refractivity contribution in [3.63, 3.8) is 0 Å². The SMILES string of the molecule is CN([C@H](CO)CC(C)(C)C)S(=O)(=O)C(C)(C)C. The highest BCUT2D eigenvalue weighted by atomic mass is 32.2. The molecule has 0 rings (SSSR count). The predicted molar refractivity (Wildman–Crippen MR) is 71.4 cm³/mol. The third-order valence-corrected chi connectivity index (χ3v) is 5.33. The van der Waals surface area contributed by atoms with Crippen LogP contribution < -0.4 is 0 Å². The van der Waals surface area contributed by atoms with Gasteiger partial charge in [-0.05, 0) is 32.6 Å². The van der Waals surface area contributed by atoms with Gasteiger partial charge in [0, 0.05) is 13.1 Å². The summed E-state index contributed by atoms with van der Waals surface area (Å²) in [6.45, 7) is 11.0. The maximum Gasteiger partial charge on any atom is 0.219 e. The van der Waals surface area contributed by atoms with E-state index in [2.05, 4.69) is 0 Å². The van der Waals surface area contributed by atoms with E-state index in [1.54, 1.807) is 27.8 Å². The number of rotatable bonds is 4. The number of hydrogen-bond acceptors (Lipinski definition) is 3. The summed E-state index contributed by atoms with van der Waals surface area (Å²) in [6, 6.07) is -0.362. The Morgan fingerprint density at radius 1 is 1.12 bits per heavy atom. The van der Waals surface area contributed by atoms with Gasteiger partial charge in [0.15, 0.2) is 0 Å². The van der Waals surface area contributed by atoms with Crippen molar-refractivity contribution in [2.75, 3.05) is 13.7 Å². The van der Waals surface area contributed by atoms with E-state index in [-0.39, 0.29) is 18.1 Å². The Hall–Kier alpha value is -0.130. The van der Waals surface area contributed by atoms with Crippen LogP contribution in [0.25, 0.3) is 0 Å². The highest BCUT2D eigenvalue weighted by Crippen LogP contribution is 2.27. The number of nitrogens with zero attached hydrogens (tertiary/aromatic N) is 1. The zero-order valence-electron chi connectivity index (χ0n) is 12.1. The topological polar surface area (TPSA) is 57.6 Å². The highest BCUT2D eigenvalue weighted by Gasteiger charge is 2.37. The van der Waals surface area contributed by atoms with Crippen LogP contribution in [0.2, 0.25) is 0 Å². The van der Waals surface area contributed by atoms with Crippen molar-refractivity contribution in [2.45, 2.75) is 58.8 Å². The second-order valence-electron chi connectivity index (χ2n) is 6.73. The van der Waals surface area contributed by atoms with Gasteiger partial charge < -0.3 is 5.11 Å². The van der Waals surface area contributed by atoms with Gasteiger partial charge in [-0.3, -0.25) is 0 Å². The third kappa shape index (κ3) is 4.56. The summed E-state index contributed by atoms with van der Waals surface area (Å²) in [7, 11) is -1.84. The second kappa shape index (κ2) is 5.24. The van der Waals surface area contributed by atoms with Gasteiger partial charge in [0.25, 0.3) is 0 Å². The molecule has 0 aliphatic heterocycles. The minimum atomic E-state index is -3.39. The van der Waals surface area contributed by atoms with Crippen LogP contribution in [0.3, 0.4) is 0 Å². The maximum atomic E-state index is 12.3. The molecule has 0 aliphatic rings. The fourth-order valence-electron chi connectivity index (χ4n) is 1.64. The summed E-state index contributed by atoms with van der Waals surface area (Å²) in [5.74, 6) is 0. The van der Waals surface area contributed by atoms with Gasteiger partial charge in [0.1, 0.15) is 0 Å². The summed E-state index contributed by atoms with van der Waals surface area (Å²) in [6.07, 6.45) is 0.634. The quantitative estimate of drug-likeness (QED) is 0.844. The summed E-state index contributed by atoms with van der Waals surface area (Å²) in [5.41, 5.74) is -0.0188. The average Bonchev–Trinajstić information content (AvgIpc) is 2.09. The van der Waals surface area contributed by atoms with E-state index in [1.165, 1.54) is 4.31 Å². The van der Waals surface area contributed by atoms with Gasteiger partial charge >= 0.3 is 0 Å². The fourth-order valence-corrected chi connectivity index (χ4v) is 3.04. The first kappa shape index (κ1) is 16.9. The molecule has 0 bridgehead atoms. The van der Waals surface area contributed by atoms with Crippen LogP contribution in [0.1, 0.15) is 48.0 Å².